The summed E-state index contributed by atoms with van der Waals surface area (Å²) in [5.41, 5.74) is -0.424. The van der Waals surface area contributed by atoms with Crippen molar-refractivity contribution in [3.8, 4) is 11.5 Å². The van der Waals surface area contributed by atoms with Crippen molar-refractivity contribution in [2.24, 2.45) is 47.3 Å². The first-order chi connectivity index (χ1) is 64.4. The number of amides is 14. The van der Waals surface area contributed by atoms with Gasteiger partial charge in [0, 0.05) is 138 Å². The van der Waals surface area contributed by atoms with E-state index in [-0.39, 0.29) is 258 Å². The number of carboxylic acid groups (broad SMARTS) is 1. The standard InChI is InChI=1S/C95H160N14O26/c1-17-73-58(5)62(9)87(104-66(13)110)92(132-73)126-45-25-21-33-77(114)96-37-29-41-100-81(118)52-108(53-82(119)101-42-30-38-97-78(115)34-22-26-46-127-93-88(105-67(14)111)63(10)59(6)74(18-2)133-93)85(122)56-130-71-49-70(91(124)125)50-72(51-71)131-57-86(123)109(54-83(120)102-43-31-39-98-79(116)35-23-27-47-128-94-89(106-68(15)112)64(11)60(7)75(19-3)134-94)55-84(121)103-44-32-40-99-80(117)36-24-28-48-129-95-90(107-69(16)113)65(12)61(8)76(20-4)135-95/h49-51,58-65,73-76,87-90,92-95H,17-48,52-57H2,1-16H3,(H,96,114)(H,97,115)(H,98,116)(H,99,117)(H,100,118)(H,101,119)(H,102,120)(H,103,121)(H,104,110)(H,105,111)(H,106,112)(H,107,113)(H,124,125). The van der Waals surface area contributed by atoms with Crippen molar-refractivity contribution in [1.82, 2.24) is 73.6 Å². The second-order valence-electron chi connectivity index (χ2n) is 36.2. The maximum absolute atomic E-state index is 14.2. The van der Waals surface area contributed by atoms with Crippen LogP contribution in [0.1, 0.15) is 250 Å². The summed E-state index contributed by atoms with van der Waals surface area (Å²) in [6, 6.07) is 1.98. The second kappa shape index (κ2) is 63.1. The van der Waals surface area contributed by atoms with Crippen molar-refractivity contribution < 1.29 is 124 Å². The van der Waals surface area contributed by atoms with Crippen LogP contribution in [0.25, 0.3) is 0 Å². The maximum Gasteiger partial charge on any atom is 0.335 e. The minimum atomic E-state index is -1.48. The third kappa shape index (κ3) is 43.0. The molecule has 0 bridgehead atoms. The van der Waals surface area contributed by atoms with Gasteiger partial charge in [-0.1, -0.05) is 83.1 Å². The second-order valence-corrected chi connectivity index (χ2v) is 36.2. The van der Waals surface area contributed by atoms with Crippen LogP contribution < -0.4 is 73.3 Å². The van der Waals surface area contributed by atoms with Crippen molar-refractivity contribution in [3.05, 3.63) is 23.8 Å². The zero-order chi connectivity index (χ0) is 99.6. The summed E-state index contributed by atoms with van der Waals surface area (Å²) in [6.07, 6.45) is 6.54. The molecule has 0 aromatic heterocycles. The predicted octanol–water partition coefficient (Wildman–Crippen LogP) is 4.68. The van der Waals surface area contributed by atoms with Gasteiger partial charge in [-0.05, 0) is 162 Å². The molecule has 13 N–H and O–H groups in total. The lowest BCUT2D eigenvalue weighted by molar-refractivity contribution is -0.236. The van der Waals surface area contributed by atoms with E-state index in [0.29, 0.717) is 77.8 Å². The molecule has 1 aromatic rings. The molecule has 0 aliphatic carbocycles. The molecule has 0 saturated carbocycles. The first kappa shape index (κ1) is 116. The summed E-state index contributed by atoms with van der Waals surface area (Å²) >= 11 is 0. The van der Waals surface area contributed by atoms with Gasteiger partial charge in [-0.2, -0.15) is 0 Å². The van der Waals surface area contributed by atoms with E-state index in [1.807, 2.05) is 27.7 Å². The van der Waals surface area contributed by atoms with Crippen LogP contribution in [0.2, 0.25) is 0 Å². The fourth-order valence-electron chi connectivity index (χ4n) is 17.0. The number of carbonyl (C=O) groups excluding carboxylic acids is 14. The van der Waals surface area contributed by atoms with Crippen LogP contribution in [-0.2, 0) is 105 Å². The van der Waals surface area contributed by atoms with Crippen LogP contribution in [0.15, 0.2) is 18.2 Å². The number of ether oxygens (including phenoxy) is 10. The van der Waals surface area contributed by atoms with E-state index < -0.39 is 112 Å². The molecule has 14 amide bonds. The van der Waals surface area contributed by atoms with Crippen molar-refractivity contribution >= 4 is 88.7 Å². The highest BCUT2D eigenvalue weighted by Gasteiger charge is 2.46. The van der Waals surface area contributed by atoms with E-state index in [0.717, 1.165) is 47.6 Å². The number of carbonyl (C=O) groups is 15. The molecule has 4 aliphatic rings. The highest BCUT2D eigenvalue weighted by atomic mass is 16.7. The smallest absolute Gasteiger partial charge is 0.335 e. The van der Waals surface area contributed by atoms with Gasteiger partial charge in [-0.25, -0.2) is 4.79 Å². The molecular weight excluding hydrogens is 1750 g/mol. The number of nitrogens with zero attached hydrogens (tertiary/aromatic N) is 2. The zero-order valence-corrected chi connectivity index (χ0v) is 82.7. The van der Waals surface area contributed by atoms with Gasteiger partial charge in [0.15, 0.2) is 38.4 Å². The maximum atomic E-state index is 14.2. The van der Waals surface area contributed by atoms with E-state index in [9.17, 15) is 77.0 Å². The Labute approximate surface area is 796 Å². The number of aromatic carboxylic acids is 1. The molecule has 4 saturated heterocycles. The van der Waals surface area contributed by atoms with Crippen LogP contribution in [0.3, 0.4) is 0 Å². The third-order valence-corrected chi connectivity index (χ3v) is 25.6. The molecule has 20 unspecified atom stereocenters. The van der Waals surface area contributed by atoms with Crippen LogP contribution >= 0.6 is 0 Å². The summed E-state index contributed by atoms with van der Waals surface area (Å²) in [4.78, 5) is 197. The molecule has 1 aromatic carbocycles. The van der Waals surface area contributed by atoms with E-state index in [2.05, 4.69) is 119 Å². The molecule has 5 rings (SSSR count). The topological polar surface area (TPSA) is 519 Å². The lowest BCUT2D eigenvalue weighted by atomic mass is 9.81. The molecule has 0 radical (unpaired) electrons. The average molecular weight is 1910 g/mol. The number of hydrogen-bond acceptors (Lipinski definition) is 25. The molecule has 4 aliphatic heterocycles. The molecule has 20 atom stereocenters. The van der Waals surface area contributed by atoms with Crippen LogP contribution in [0.4, 0.5) is 0 Å². The summed E-state index contributed by atoms with van der Waals surface area (Å²) < 4.78 is 61.0. The predicted molar refractivity (Wildman–Crippen MR) is 499 cm³/mol. The average Bonchev–Trinajstić information content (AvgIpc) is 0.818. The van der Waals surface area contributed by atoms with Gasteiger partial charge in [0.2, 0.25) is 70.9 Å². The molecule has 4 fully saturated rings. The van der Waals surface area contributed by atoms with Crippen molar-refractivity contribution in [2.75, 3.05) is 118 Å². The monoisotopic (exact) mass is 1910 g/mol. The highest BCUT2D eigenvalue weighted by molar-refractivity contribution is 5.92. The third-order valence-electron chi connectivity index (χ3n) is 25.6. The van der Waals surface area contributed by atoms with E-state index in [4.69, 9.17) is 47.4 Å². The number of benzene rings is 1. The molecule has 766 valence electrons. The molecule has 40 nitrogen and oxygen atoms in total. The lowest BCUT2D eigenvalue weighted by Crippen LogP contribution is -2.57. The summed E-state index contributed by atoms with van der Waals surface area (Å²) in [6.45, 7) is 28.4. The number of carboxylic acids is 1. The Morgan fingerprint density at radius 1 is 0.304 bits per heavy atom. The van der Waals surface area contributed by atoms with Gasteiger partial charge in [-0.3, -0.25) is 67.1 Å². The Bertz CT molecular complexity index is 3460. The van der Waals surface area contributed by atoms with Gasteiger partial charge in [0.05, 0.1) is 54.1 Å². The van der Waals surface area contributed by atoms with Crippen molar-refractivity contribution in [1.29, 1.82) is 0 Å². The number of hydrogen-bond donors (Lipinski definition) is 13. The van der Waals surface area contributed by atoms with E-state index >= 15 is 0 Å². The lowest BCUT2D eigenvalue weighted by Gasteiger charge is -2.44. The van der Waals surface area contributed by atoms with Gasteiger partial charge >= 0.3 is 5.97 Å². The van der Waals surface area contributed by atoms with Crippen LogP contribution in [-0.4, -0.2) is 295 Å². The largest absolute Gasteiger partial charge is 0.484 e. The Morgan fingerprint density at radius 2 is 0.519 bits per heavy atom. The van der Waals surface area contributed by atoms with Gasteiger partial charge < -0.3 is 126 Å². The van der Waals surface area contributed by atoms with Crippen LogP contribution in [0.5, 0.6) is 11.5 Å². The molecule has 4 heterocycles. The van der Waals surface area contributed by atoms with Gasteiger partial charge in [-0.15, -0.1) is 0 Å². The summed E-state index contributed by atoms with van der Waals surface area (Å²) in [7, 11) is 0. The van der Waals surface area contributed by atoms with Crippen LogP contribution in [0, 0.1) is 47.3 Å². The van der Waals surface area contributed by atoms with E-state index in [1.165, 1.54) is 33.8 Å². The minimum Gasteiger partial charge on any atom is -0.484 e. The minimum absolute atomic E-state index is 0.0342. The van der Waals surface area contributed by atoms with Crippen molar-refractivity contribution in [3.63, 3.8) is 0 Å². The highest BCUT2D eigenvalue weighted by Crippen LogP contribution is 2.37. The quantitative estimate of drug-likeness (QED) is 0.0394. The zero-order valence-electron chi connectivity index (χ0n) is 82.7. The normalized spacial score (nSPS) is 24.7. The Morgan fingerprint density at radius 3 is 0.719 bits per heavy atom. The SMILES string of the molecule is CCC1OC(OCCCCC(=O)NCCCNC(=O)CN(CC(=O)NCCCNC(=O)CCCCOC2OC(CC)C(C)C(C)C2NC(C)=O)C(=O)COc2cc(OCC(=O)N(CC(=O)NCCCNC(=O)CCCCOC3OC(CC)C(C)C(C)C3NC(C)=O)CC(=O)NCCCNC(=O)CCCCOC3OC(CC)C(C)C(C)C3NC(C)=O)cc(C(=O)O)c2)C(NC(C)=O)C(C)C1C. The van der Waals surface area contributed by atoms with Gasteiger partial charge in [0.25, 0.3) is 11.8 Å². The fraction of sp³-hybridized carbons (Fsp3) is 0.779. The fourth-order valence-corrected chi connectivity index (χ4v) is 17.0. The van der Waals surface area contributed by atoms with E-state index in [1.54, 1.807) is 0 Å². The molecule has 40 heteroatoms. The molecular formula is C95H160N14O26. The number of unbranched alkanes of at least 4 members (excludes halogenated alkanes) is 4. The molecule has 135 heavy (non-hydrogen) atoms. The van der Waals surface area contributed by atoms with Crippen molar-refractivity contribution in [2.45, 2.75) is 313 Å². The number of rotatable bonds is 63. The Kier molecular flexibility index (Phi) is 54.3. The first-order valence-electron chi connectivity index (χ1n) is 48.9. The summed E-state index contributed by atoms with van der Waals surface area (Å²) in [5, 5.41) is 44.3. The summed E-state index contributed by atoms with van der Waals surface area (Å²) in [5.74, 6) is -6.98. The number of nitrogens with one attached hydrogen (secondary N) is 12. The Hall–Kier alpha value is -9.45. The Balaban J connectivity index is 1.18. The first-order valence-corrected chi connectivity index (χ1v) is 48.9. The van der Waals surface area contributed by atoms with Gasteiger partial charge in [0.1, 0.15) is 37.7 Å². The molecule has 0 spiro atoms.